The number of esters is 2. The molecule has 0 N–H and O–H groups in total. The van der Waals surface area contributed by atoms with Gasteiger partial charge < -0.3 is 4.74 Å². The Morgan fingerprint density at radius 2 is 2.00 bits per heavy atom. The number of hydrogen-bond donors (Lipinski definition) is 0. The molecule has 0 spiro atoms. The zero-order chi connectivity index (χ0) is 10.8. The Labute approximate surface area is 85.1 Å². The monoisotopic (exact) mass is 209 g/mol. The third kappa shape index (κ3) is 2.01. The van der Waals surface area contributed by atoms with Crippen LogP contribution in [0.5, 0.6) is 0 Å². The van der Waals surface area contributed by atoms with Gasteiger partial charge in [-0.2, -0.15) is 0 Å². The fourth-order valence-electron chi connectivity index (χ4n) is 1.58. The Morgan fingerprint density at radius 1 is 1.33 bits per heavy atom. The van der Waals surface area contributed by atoms with Gasteiger partial charge in [-0.1, -0.05) is 0 Å². The van der Waals surface area contributed by atoms with Gasteiger partial charge in [0.15, 0.2) is 0 Å². The van der Waals surface area contributed by atoms with Gasteiger partial charge in [0.05, 0.1) is 18.5 Å². The molecule has 1 aromatic heterocycles. The van der Waals surface area contributed by atoms with E-state index in [0.717, 1.165) is 0 Å². The number of aromatic nitrogens is 1. The molecular formula is C10H8FNO3. The number of rotatable bonds is 1. The van der Waals surface area contributed by atoms with Crippen molar-refractivity contribution in [3.63, 3.8) is 0 Å². The Morgan fingerprint density at radius 3 is 2.60 bits per heavy atom. The number of carbonyl (C=O) groups is 2. The van der Waals surface area contributed by atoms with E-state index in [1.165, 1.54) is 18.3 Å². The summed E-state index contributed by atoms with van der Waals surface area (Å²) >= 11 is 0. The van der Waals surface area contributed by atoms with Gasteiger partial charge in [0.2, 0.25) is 0 Å². The first kappa shape index (κ1) is 9.76. The maximum atomic E-state index is 13.3. The fourth-order valence-corrected chi connectivity index (χ4v) is 1.58. The summed E-state index contributed by atoms with van der Waals surface area (Å²) in [4.78, 5) is 25.8. The molecule has 2 rings (SSSR count). The van der Waals surface area contributed by atoms with Gasteiger partial charge in [-0.3, -0.25) is 14.6 Å². The molecule has 0 amide bonds. The summed E-state index contributed by atoms with van der Waals surface area (Å²) in [5, 5.41) is 0. The smallest absolute Gasteiger partial charge is 0.314 e. The highest BCUT2D eigenvalue weighted by Crippen LogP contribution is 2.28. The predicted molar refractivity (Wildman–Crippen MR) is 47.3 cm³/mol. The Balaban J connectivity index is 2.27. The second-order valence-corrected chi connectivity index (χ2v) is 3.32. The summed E-state index contributed by atoms with van der Waals surface area (Å²) in [6.45, 7) is 0. The lowest BCUT2D eigenvalue weighted by atomic mass is 9.95. The van der Waals surface area contributed by atoms with Gasteiger partial charge in [0.1, 0.15) is 5.82 Å². The van der Waals surface area contributed by atoms with Crippen LogP contribution >= 0.6 is 0 Å². The zero-order valence-electron chi connectivity index (χ0n) is 7.77. The van der Waals surface area contributed by atoms with Gasteiger partial charge in [-0.25, -0.2) is 4.39 Å². The van der Waals surface area contributed by atoms with Gasteiger partial charge in [-0.15, -0.1) is 0 Å². The third-order valence-electron chi connectivity index (χ3n) is 2.23. The maximum absolute atomic E-state index is 13.3. The van der Waals surface area contributed by atoms with E-state index in [-0.39, 0.29) is 18.5 Å². The Kier molecular flexibility index (Phi) is 2.45. The van der Waals surface area contributed by atoms with Crippen LogP contribution in [-0.2, 0) is 14.3 Å². The SMILES string of the molecule is O=C1CC(c2ncccc2F)CC(=O)O1. The van der Waals surface area contributed by atoms with E-state index < -0.39 is 23.7 Å². The van der Waals surface area contributed by atoms with E-state index in [9.17, 15) is 14.0 Å². The first-order valence-electron chi connectivity index (χ1n) is 4.50. The molecule has 78 valence electrons. The number of nitrogens with zero attached hydrogens (tertiary/aromatic N) is 1. The van der Waals surface area contributed by atoms with Crippen LogP contribution in [-0.4, -0.2) is 16.9 Å². The van der Waals surface area contributed by atoms with Crippen LogP contribution in [0.25, 0.3) is 0 Å². The molecule has 0 aromatic carbocycles. The van der Waals surface area contributed by atoms with Crippen LogP contribution in [0.15, 0.2) is 18.3 Å². The van der Waals surface area contributed by atoms with Gasteiger partial charge >= 0.3 is 11.9 Å². The molecule has 4 nitrogen and oxygen atoms in total. The maximum Gasteiger partial charge on any atom is 0.314 e. The topological polar surface area (TPSA) is 56.3 Å². The van der Waals surface area contributed by atoms with E-state index in [0.29, 0.717) is 0 Å². The molecule has 1 aromatic rings. The summed E-state index contributed by atoms with van der Waals surface area (Å²) in [6, 6.07) is 2.72. The number of pyridine rings is 1. The molecule has 1 saturated heterocycles. The van der Waals surface area contributed by atoms with E-state index >= 15 is 0 Å². The van der Waals surface area contributed by atoms with Gasteiger partial charge in [0, 0.05) is 12.1 Å². The van der Waals surface area contributed by atoms with Crippen molar-refractivity contribution in [1.29, 1.82) is 0 Å². The molecular weight excluding hydrogens is 201 g/mol. The van der Waals surface area contributed by atoms with Crippen molar-refractivity contribution in [3.05, 3.63) is 29.8 Å². The number of carbonyl (C=O) groups excluding carboxylic acids is 2. The summed E-state index contributed by atoms with van der Waals surface area (Å²) in [6.07, 6.45) is 1.43. The molecule has 0 atom stereocenters. The minimum atomic E-state index is -0.624. The molecule has 0 saturated carbocycles. The average molecular weight is 209 g/mol. The average Bonchev–Trinajstić information content (AvgIpc) is 2.16. The first-order valence-corrected chi connectivity index (χ1v) is 4.50. The summed E-state index contributed by atoms with van der Waals surface area (Å²) in [5.74, 6) is -2.24. The lowest BCUT2D eigenvalue weighted by Gasteiger charge is -2.19. The van der Waals surface area contributed by atoms with Crippen LogP contribution in [0.3, 0.4) is 0 Å². The molecule has 2 heterocycles. The van der Waals surface area contributed by atoms with Crippen molar-refractivity contribution in [1.82, 2.24) is 4.98 Å². The standard InChI is InChI=1S/C10H8FNO3/c11-7-2-1-3-12-10(7)6-4-8(13)15-9(14)5-6/h1-3,6H,4-5H2. The highest BCUT2D eigenvalue weighted by atomic mass is 19.1. The molecule has 15 heavy (non-hydrogen) atoms. The second-order valence-electron chi connectivity index (χ2n) is 3.32. The van der Waals surface area contributed by atoms with E-state index in [2.05, 4.69) is 9.72 Å². The minimum Gasteiger partial charge on any atom is -0.393 e. The molecule has 0 bridgehead atoms. The van der Waals surface area contributed by atoms with Crippen LogP contribution in [0.4, 0.5) is 4.39 Å². The molecule has 0 unspecified atom stereocenters. The summed E-state index contributed by atoms with van der Waals surface area (Å²) in [7, 11) is 0. The lowest BCUT2D eigenvalue weighted by Crippen LogP contribution is -2.25. The minimum absolute atomic E-state index is 0.000324. The van der Waals surface area contributed by atoms with Crippen LogP contribution in [0.1, 0.15) is 24.5 Å². The van der Waals surface area contributed by atoms with E-state index in [4.69, 9.17) is 0 Å². The first-order chi connectivity index (χ1) is 7.16. The largest absolute Gasteiger partial charge is 0.393 e. The molecule has 1 aliphatic heterocycles. The molecule has 5 heteroatoms. The van der Waals surface area contributed by atoms with Crippen LogP contribution < -0.4 is 0 Å². The highest BCUT2D eigenvalue weighted by Gasteiger charge is 2.30. The number of hydrogen-bond acceptors (Lipinski definition) is 4. The normalized spacial score (nSPS) is 17.7. The van der Waals surface area contributed by atoms with Gasteiger partial charge in [0.25, 0.3) is 0 Å². The Bertz CT molecular complexity index is 403. The van der Waals surface area contributed by atoms with Crippen molar-refractivity contribution >= 4 is 11.9 Å². The van der Waals surface area contributed by atoms with Crippen molar-refractivity contribution < 1.29 is 18.7 Å². The molecule has 1 fully saturated rings. The van der Waals surface area contributed by atoms with E-state index in [1.54, 1.807) is 0 Å². The third-order valence-corrected chi connectivity index (χ3v) is 2.23. The molecule has 0 aliphatic carbocycles. The lowest BCUT2D eigenvalue weighted by molar-refractivity contribution is -0.164. The molecule has 0 radical (unpaired) electrons. The van der Waals surface area contributed by atoms with Crippen LogP contribution in [0, 0.1) is 5.82 Å². The van der Waals surface area contributed by atoms with Crippen molar-refractivity contribution in [2.45, 2.75) is 18.8 Å². The summed E-state index contributed by atoms with van der Waals surface area (Å²) < 4.78 is 17.7. The summed E-state index contributed by atoms with van der Waals surface area (Å²) in [5.41, 5.74) is 0.155. The quantitative estimate of drug-likeness (QED) is 0.514. The molecule has 1 aliphatic rings. The van der Waals surface area contributed by atoms with Gasteiger partial charge in [-0.05, 0) is 12.1 Å². The predicted octanol–water partition coefficient (Wildman–Crippen LogP) is 1.17. The van der Waals surface area contributed by atoms with E-state index in [1.807, 2.05) is 0 Å². The number of halogens is 1. The Hall–Kier alpha value is -1.78. The van der Waals surface area contributed by atoms with Crippen molar-refractivity contribution in [2.75, 3.05) is 0 Å². The number of cyclic esters (lactones) is 2. The van der Waals surface area contributed by atoms with Crippen molar-refractivity contribution in [2.24, 2.45) is 0 Å². The fraction of sp³-hybridized carbons (Fsp3) is 0.300. The van der Waals surface area contributed by atoms with Crippen molar-refractivity contribution in [3.8, 4) is 0 Å². The zero-order valence-corrected chi connectivity index (χ0v) is 7.77. The second kappa shape index (κ2) is 3.76. The highest BCUT2D eigenvalue weighted by molar-refractivity contribution is 5.89. The number of ether oxygens (including phenoxy) is 1. The van der Waals surface area contributed by atoms with Crippen LogP contribution in [0.2, 0.25) is 0 Å².